The van der Waals surface area contributed by atoms with Crippen LogP contribution in [0.2, 0.25) is 0 Å². The third kappa shape index (κ3) is 4.56. The van der Waals surface area contributed by atoms with Crippen LogP contribution in [-0.4, -0.2) is 66.0 Å². The van der Waals surface area contributed by atoms with E-state index in [1.54, 1.807) is 4.90 Å². The molecule has 0 saturated carbocycles. The Morgan fingerprint density at radius 2 is 1.81 bits per heavy atom. The van der Waals surface area contributed by atoms with E-state index < -0.39 is 17.9 Å². The Hall–Kier alpha value is -1.89. The first-order valence-electron chi connectivity index (χ1n) is 6.91. The smallest absolute Gasteiger partial charge is 0.331 e. The van der Waals surface area contributed by atoms with Crippen molar-refractivity contribution in [2.45, 2.75) is 32.7 Å². The summed E-state index contributed by atoms with van der Waals surface area (Å²) < 4.78 is 0. The van der Waals surface area contributed by atoms with Crippen molar-refractivity contribution < 1.29 is 19.5 Å². The van der Waals surface area contributed by atoms with Gasteiger partial charge in [-0.05, 0) is 40.8 Å². The molecule has 0 aromatic heterocycles. The third-order valence-corrected chi connectivity index (χ3v) is 3.86. The number of imide groups is 1. The number of carbonyl (C=O) groups is 3. The van der Waals surface area contributed by atoms with E-state index >= 15 is 0 Å². The summed E-state index contributed by atoms with van der Waals surface area (Å²) in [5, 5.41) is 11.1. The predicted octanol–water partition coefficient (Wildman–Crippen LogP) is 0.670. The van der Waals surface area contributed by atoms with Crippen molar-refractivity contribution >= 4 is 17.9 Å². The third-order valence-electron chi connectivity index (χ3n) is 3.86. The highest BCUT2D eigenvalue weighted by Gasteiger charge is 2.26. The predicted molar refractivity (Wildman–Crippen MR) is 77.8 cm³/mol. The van der Waals surface area contributed by atoms with Crippen LogP contribution >= 0.6 is 0 Å². The second-order valence-corrected chi connectivity index (χ2v) is 5.52. The molecule has 118 valence electrons. The van der Waals surface area contributed by atoms with E-state index in [-0.39, 0.29) is 17.2 Å². The van der Waals surface area contributed by atoms with Crippen molar-refractivity contribution in [3.8, 4) is 0 Å². The van der Waals surface area contributed by atoms with Crippen molar-refractivity contribution in [1.82, 2.24) is 15.1 Å². The number of amides is 3. The minimum atomic E-state index is -1.17. The Labute approximate surface area is 124 Å². The average molecular weight is 297 g/mol. The van der Waals surface area contributed by atoms with Crippen molar-refractivity contribution in [3.63, 3.8) is 0 Å². The maximum atomic E-state index is 12.1. The lowest BCUT2D eigenvalue weighted by Crippen LogP contribution is -2.51. The number of piperidine rings is 1. The van der Waals surface area contributed by atoms with Crippen LogP contribution in [-0.2, 0) is 9.59 Å². The highest BCUT2D eigenvalue weighted by Crippen LogP contribution is 2.14. The van der Waals surface area contributed by atoms with Crippen molar-refractivity contribution in [1.29, 1.82) is 0 Å². The van der Waals surface area contributed by atoms with E-state index in [9.17, 15) is 14.4 Å². The number of nitrogens with one attached hydrogen (secondary N) is 1. The quantitative estimate of drug-likeness (QED) is 0.747. The van der Waals surface area contributed by atoms with Crippen LogP contribution in [0.3, 0.4) is 0 Å². The highest BCUT2D eigenvalue weighted by molar-refractivity contribution is 6.07. The summed E-state index contributed by atoms with van der Waals surface area (Å²) in [6.45, 7) is 3.90. The molecule has 1 fully saturated rings. The van der Waals surface area contributed by atoms with Crippen LogP contribution in [0.15, 0.2) is 11.1 Å². The van der Waals surface area contributed by atoms with E-state index in [1.165, 1.54) is 13.8 Å². The molecule has 7 nitrogen and oxygen atoms in total. The van der Waals surface area contributed by atoms with Crippen LogP contribution in [0.5, 0.6) is 0 Å². The summed E-state index contributed by atoms with van der Waals surface area (Å²) in [6.07, 6.45) is 1.90. The van der Waals surface area contributed by atoms with Crippen LogP contribution < -0.4 is 5.32 Å². The van der Waals surface area contributed by atoms with Gasteiger partial charge in [-0.3, -0.25) is 10.1 Å². The number of likely N-dealkylation sites (tertiary alicyclic amines) is 1. The Bertz CT molecular complexity index is 471. The van der Waals surface area contributed by atoms with Gasteiger partial charge in [0, 0.05) is 30.3 Å². The SMILES string of the molecule is CC(C(=O)O)=C(C)C(=O)NC(=O)N1CCCC(N(C)C)C1. The Morgan fingerprint density at radius 3 is 2.33 bits per heavy atom. The van der Waals surface area contributed by atoms with Crippen LogP contribution in [0.25, 0.3) is 0 Å². The van der Waals surface area contributed by atoms with Gasteiger partial charge in [0.2, 0.25) is 0 Å². The van der Waals surface area contributed by atoms with Gasteiger partial charge < -0.3 is 14.9 Å². The maximum absolute atomic E-state index is 12.1. The van der Waals surface area contributed by atoms with Crippen LogP contribution in [0.4, 0.5) is 4.79 Å². The molecule has 0 radical (unpaired) electrons. The van der Waals surface area contributed by atoms with Gasteiger partial charge in [-0.15, -0.1) is 0 Å². The van der Waals surface area contributed by atoms with Crippen LogP contribution in [0.1, 0.15) is 26.7 Å². The Balaban J connectivity index is 2.67. The number of rotatable bonds is 3. The topological polar surface area (TPSA) is 89.9 Å². The molecule has 0 bridgehead atoms. The molecule has 0 aliphatic carbocycles. The molecule has 0 spiro atoms. The number of aliphatic carboxylic acids is 1. The number of carbonyl (C=O) groups excluding carboxylic acids is 2. The fraction of sp³-hybridized carbons (Fsp3) is 0.643. The Kier molecular flexibility index (Phi) is 5.90. The van der Waals surface area contributed by atoms with E-state index in [0.717, 1.165) is 12.8 Å². The van der Waals surface area contributed by atoms with Gasteiger partial charge in [0.15, 0.2) is 0 Å². The first-order chi connectivity index (χ1) is 9.73. The van der Waals surface area contributed by atoms with Gasteiger partial charge in [-0.2, -0.15) is 0 Å². The summed E-state index contributed by atoms with van der Waals surface area (Å²) in [7, 11) is 3.92. The van der Waals surface area contributed by atoms with E-state index in [1.807, 2.05) is 14.1 Å². The van der Waals surface area contributed by atoms with Gasteiger partial charge in [0.25, 0.3) is 5.91 Å². The highest BCUT2D eigenvalue weighted by atomic mass is 16.4. The molecule has 1 heterocycles. The monoisotopic (exact) mass is 297 g/mol. The molecule has 1 aliphatic rings. The number of carboxylic acids is 1. The molecule has 1 rings (SSSR count). The fourth-order valence-corrected chi connectivity index (χ4v) is 2.16. The molecule has 1 atom stereocenters. The first kappa shape index (κ1) is 17.2. The van der Waals surface area contributed by atoms with Crippen molar-refractivity contribution in [3.05, 3.63) is 11.1 Å². The number of hydrogen-bond donors (Lipinski definition) is 2. The van der Waals surface area contributed by atoms with Crippen molar-refractivity contribution in [2.24, 2.45) is 0 Å². The molecule has 21 heavy (non-hydrogen) atoms. The average Bonchev–Trinajstić information content (AvgIpc) is 2.45. The molecule has 1 aliphatic heterocycles. The van der Waals surface area contributed by atoms with Gasteiger partial charge in [0.05, 0.1) is 0 Å². The van der Waals surface area contributed by atoms with Gasteiger partial charge in [-0.1, -0.05) is 0 Å². The summed E-state index contributed by atoms with van der Waals surface area (Å²) in [5.74, 6) is -1.83. The first-order valence-corrected chi connectivity index (χ1v) is 6.91. The second-order valence-electron chi connectivity index (χ2n) is 5.52. The molecule has 7 heteroatoms. The molecular weight excluding hydrogens is 274 g/mol. The normalized spacial score (nSPS) is 20.0. The molecule has 0 aromatic rings. The summed E-state index contributed by atoms with van der Waals surface area (Å²) in [5.41, 5.74) is -0.0258. The molecule has 1 unspecified atom stereocenters. The van der Waals surface area contributed by atoms with Gasteiger partial charge in [0.1, 0.15) is 0 Å². The van der Waals surface area contributed by atoms with E-state index in [0.29, 0.717) is 13.1 Å². The summed E-state index contributed by atoms with van der Waals surface area (Å²) in [4.78, 5) is 38.4. The zero-order valence-corrected chi connectivity index (χ0v) is 13.0. The molecule has 2 N–H and O–H groups in total. The van der Waals surface area contributed by atoms with Crippen molar-refractivity contribution in [2.75, 3.05) is 27.2 Å². The lowest BCUT2D eigenvalue weighted by molar-refractivity contribution is -0.133. The van der Waals surface area contributed by atoms with E-state index in [2.05, 4.69) is 10.2 Å². The second kappa shape index (κ2) is 7.21. The Morgan fingerprint density at radius 1 is 1.19 bits per heavy atom. The molecule has 3 amide bonds. The number of hydrogen-bond acceptors (Lipinski definition) is 4. The zero-order chi connectivity index (χ0) is 16.2. The minimum absolute atomic E-state index is 0.0389. The fourth-order valence-electron chi connectivity index (χ4n) is 2.16. The number of carboxylic acid groups (broad SMARTS) is 1. The number of urea groups is 1. The maximum Gasteiger partial charge on any atom is 0.331 e. The molecule has 0 aromatic carbocycles. The molecule has 1 saturated heterocycles. The van der Waals surface area contributed by atoms with Crippen LogP contribution in [0, 0.1) is 0 Å². The standard InChI is InChI=1S/C14H23N3O4/c1-9(10(2)13(19)20)12(18)15-14(21)17-7-5-6-11(8-17)16(3)4/h11H,5-8H2,1-4H3,(H,19,20)(H,15,18,21). The lowest BCUT2D eigenvalue weighted by Gasteiger charge is -2.35. The minimum Gasteiger partial charge on any atom is -0.478 e. The molecular formula is C14H23N3O4. The number of likely N-dealkylation sites (N-methyl/N-ethyl adjacent to an activating group) is 1. The summed E-state index contributed by atoms with van der Waals surface area (Å²) >= 11 is 0. The lowest BCUT2D eigenvalue weighted by atomic mass is 10.1. The van der Waals surface area contributed by atoms with E-state index in [4.69, 9.17) is 5.11 Å². The zero-order valence-electron chi connectivity index (χ0n) is 13.0. The summed E-state index contributed by atoms with van der Waals surface area (Å²) in [6, 6.07) is -0.193. The largest absolute Gasteiger partial charge is 0.478 e. The number of nitrogens with zero attached hydrogens (tertiary/aromatic N) is 2. The van der Waals surface area contributed by atoms with Gasteiger partial charge >= 0.3 is 12.0 Å². The van der Waals surface area contributed by atoms with Gasteiger partial charge in [-0.25, -0.2) is 9.59 Å².